The van der Waals surface area contributed by atoms with Gasteiger partial charge in [-0.2, -0.15) is 0 Å². The largest absolute Gasteiger partial charge is 0.481 e. The molecule has 18 nitrogen and oxygen atoms in total. The van der Waals surface area contributed by atoms with Gasteiger partial charge in [0.1, 0.15) is 22.7 Å². The van der Waals surface area contributed by atoms with Crippen molar-refractivity contribution in [1.29, 1.82) is 0 Å². The number of benzene rings is 6. The summed E-state index contributed by atoms with van der Waals surface area (Å²) in [5.41, 5.74) is 8.51. The highest BCUT2D eigenvalue weighted by molar-refractivity contribution is 6.47. The SMILES string of the molecule is COC(=O)c1ccc2c(c1)CC(=O)C(c1ccccc1)=N2.COC(=O)c1ccc2nc(-c3ccccc3)c(OCCCC(=O)O)nc2c1.COC(=O)c1ccc2nc(-c3ccccc3)c(OCCCC(=O)OC(C)(C)C)nc2c1. The van der Waals surface area contributed by atoms with E-state index >= 15 is 0 Å². The van der Waals surface area contributed by atoms with Crippen molar-refractivity contribution in [2.45, 2.75) is 58.5 Å². The lowest BCUT2D eigenvalue weighted by Crippen LogP contribution is -2.24. The number of methoxy groups -OCH3 is 3. The number of esters is 4. The average Bonchev–Trinajstić information content (AvgIpc) is 3.54. The number of aromatic nitrogens is 4. The van der Waals surface area contributed by atoms with E-state index in [2.05, 4.69) is 24.7 Å². The highest BCUT2D eigenvalue weighted by Gasteiger charge is 2.23. The molecule has 0 saturated heterocycles. The molecule has 1 aliphatic heterocycles. The molecule has 0 unspecified atom stereocenters. The number of nitrogens with zero attached hydrogens (tertiary/aromatic N) is 5. The Balaban J connectivity index is 0.000000174. The van der Waals surface area contributed by atoms with Crippen LogP contribution in [-0.4, -0.2) is 107 Å². The van der Waals surface area contributed by atoms with Crippen molar-refractivity contribution in [3.05, 3.63) is 173 Å². The number of carboxylic acids is 1. The van der Waals surface area contributed by atoms with Gasteiger partial charge in [-0.15, -0.1) is 0 Å². The van der Waals surface area contributed by atoms with Gasteiger partial charge in [0.2, 0.25) is 11.8 Å². The molecule has 18 heteroatoms. The number of hydrogen-bond acceptors (Lipinski definition) is 17. The number of aliphatic carboxylic acids is 1. The zero-order valence-corrected chi connectivity index (χ0v) is 44.4. The Morgan fingerprint density at radius 3 is 1.39 bits per heavy atom. The lowest BCUT2D eigenvalue weighted by molar-refractivity contribution is -0.155. The first kappa shape index (κ1) is 57.0. The molecule has 1 aliphatic rings. The molecule has 9 rings (SSSR count). The highest BCUT2D eigenvalue weighted by Crippen LogP contribution is 2.32. The molecular formula is C61H57N5O13. The molecular weight excluding hydrogens is 1010 g/mol. The van der Waals surface area contributed by atoms with E-state index in [1.165, 1.54) is 21.3 Å². The molecule has 0 fully saturated rings. The van der Waals surface area contributed by atoms with Crippen LogP contribution in [0.1, 0.15) is 88.7 Å². The van der Waals surface area contributed by atoms with Crippen LogP contribution in [0.4, 0.5) is 5.69 Å². The van der Waals surface area contributed by atoms with E-state index in [1.54, 1.807) is 54.6 Å². The van der Waals surface area contributed by atoms with Crippen molar-refractivity contribution < 1.29 is 62.3 Å². The van der Waals surface area contributed by atoms with Gasteiger partial charge in [-0.1, -0.05) is 91.0 Å². The third-order valence-electron chi connectivity index (χ3n) is 11.6. The van der Waals surface area contributed by atoms with Gasteiger partial charge in [0.05, 0.1) is 79.0 Å². The minimum Gasteiger partial charge on any atom is -0.481 e. The van der Waals surface area contributed by atoms with Crippen LogP contribution in [0.2, 0.25) is 0 Å². The smallest absolute Gasteiger partial charge is 0.337 e. The van der Waals surface area contributed by atoms with Crippen LogP contribution < -0.4 is 9.47 Å². The molecule has 8 aromatic rings. The average molecular weight is 1070 g/mol. The minimum atomic E-state index is -0.880. The number of rotatable bonds is 16. The van der Waals surface area contributed by atoms with E-state index in [0.29, 0.717) is 80.5 Å². The van der Waals surface area contributed by atoms with Crippen LogP contribution in [0, 0.1) is 0 Å². The van der Waals surface area contributed by atoms with Crippen LogP contribution >= 0.6 is 0 Å². The lowest BCUT2D eigenvalue weighted by Gasteiger charge is -2.19. The molecule has 6 aromatic carbocycles. The zero-order chi connectivity index (χ0) is 56.5. The fraction of sp³-hybridized carbons (Fsp3) is 0.230. The summed E-state index contributed by atoms with van der Waals surface area (Å²) in [5, 5.41) is 8.76. The Bertz CT molecular complexity index is 3530. The predicted octanol–water partition coefficient (Wildman–Crippen LogP) is 10.6. The molecule has 0 spiro atoms. The van der Waals surface area contributed by atoms with E-state index in [9.17, 15) is 28.8 Å². The van der Waals surface area contributed by atoms with E-state index in [0.717, 1.165) is 27.9 Å². The molecule has 0 atom stereocenters. The van der Waals surface area contributed by atoms with Gasteiger partial charge < -0.3 is 33.5 Å². The van der Waals surface area contributed by atoms with Gasteiger partial charge in [-0.05, 0) is 93.8 Å². The summed E-state index contributed by atoms with van der Waals surface area (Å²) in [6.07, 6.45) is 1.32. The summed E-state index contributed by atoms with van der Waals surface area (Å²) in [7, 11) is 3.97. The first-order valence-corrected chi connectivity index (χ1v) is 25.0. The molecule has 2 aromatic heterocycles. The second kappa shape index (κ2) is 26.9. The Morgan fingerprint density at radius 2 is 0.949 bits per heavy atom. The molecule has 0 aliphatic carbocycles. The van der Waals surface area contributed by atoms with Crippen LogP contribution in [0.25, 0.3) is 44.6 Å². The maximum atomic E-state index is 12.3. The summed E-state index contributed by atoms with van der Waals surface area (Å²) in [6, 6.07) is 43.4. The number of hydrogen-bond donors (Lipinski definition) is 1. The summed E-state index contributed by atoms with van der Waals surface area (Å²) < 4.78 is 31.2. The van der Waals surface area contributed by atoms with Crippen molar-refractivity contribution >= 4 is 69.1 Å². The first-order chi connectivity index (χ1) is 38.0. The Morgan fingerprint density at radius 1 is 0.519 bits per heavy atom. The van der Waals surface area contributed by atoms with Crippen molar-refractivity contribution in [3.63, 3.8) is 0 Å². The number of aliphatic imine (C=N–C) groups is 1. The quantitative estimate of drug-likeness (QED) is 0.0537. The Hall–Kier alpha value is -9.71. The standard InChI is InChI=1S/C24H26N2O5.C20H18N2O5.C17H13NO3/c1-24(2,3)31-20(27)11-8-14-30-22-21(16-9-6-5-7-10-16)25-18-13-12-17(23(28)29-4)15-19(18)26-22;1-26-20(25)14-9-10-15-16(12-14)22-19(27-11-5-8-17(23)24)18(21-15)13-6-3-2-4-7-13;1-21-17(20)12-7-8-14-13(9-12)10-15(19)16(18-14)11-5-3-2-4-6-11/h5-7,9-10,12-13,15H,8,11,14H2,1-4H3;2-4,6-7,9-10,12H,5,8,11H2,1H3,(H,23,24);2-9H,10H2,1H3. The fourth-order valence-electron chi connectivity index (χ4n) is 7.85. The second-order valence-electron chi connectivity index (χ2n) is 18.5. The maximum absolute atomic E-state index is 12.3. The number of carboxylic acid groups (broad SMARTS) is 1. The number of ether oxygens (including phenoxy) is 6. The second-order valence-corrected chi connectivity index (χ2v) is 18.5. The zero-order valence-electron chi connectivity index (χ0n) is 44.4. The third-order valence-corrected chi connectivity index (χ3v) is 11.6. The number of fused-ring (bicyclic) bond motifs is 3. The Labute approximate surface area is 455 Å². The summed E-state index contributed by atoms with van der Waals surface area (Å²) >= 11 is 0. The van der Waals surface area contributed by atoms with Gasteiger partial charge >= 0.3 is 29.8 Å². The van der Waals surface area contributed by atoms with E-state index < -0.39 is 29.5 Å². The van der Waals surface area contributed by atoms with Gasteiger partial charge in [-0.3, -0.25) is 14.4 Å². The Kier molecular flexibility index (Phi) is 19.4. The molecule has 1 N–H and O–H groups in total. The fourth-order valence-corrected chi connectivity index (χ4v) is 7.85. The molecule has 3 heterocycles. The van der Waals surface area contributed by atoms with Crippen LogP contribution in [0.3, 0.4) is 0 Å². The van der Waals surface area contributed by atoms with E-state index in [1.807, 2.05) is 112 Å². The van der Waals surface area contributed by atoms with Crippen LogP contribution in [0.15, 0.2) is 151 Å². The minimum absolute atomic E-state index is 0.00810. The van der Waals surface area contributed by atoms with E-state index in [4.69, 9.17) is 33.8 Å². The highest BCUT2D eigenvalue weighted by atomic mass is 16.6. The maximum Gasteiger partial charge on any atom is 0.337 e. The van der Waals surface area contributed by atoms with Gasteiger partial charge in [0.25, 0.3) is 0 Å². The molecule has 0 bridgehead atoms. The number of carbonyl (C=O) groups is 6. The number of ketones is 1. The van der Waals surface area contributed by atoms with Crippen molar-refractivity contribution in [2.75, 3.05) is 34.5 Å². The third kappa shape index (κ3) is 15.7. The molecule has 0 amide bonds. The van der Waals surface area contributed by atoms with Crippen molar-refractivity contribution in [2.24, 2.45) is 4.99 Å². The summed E-state index contributed by atoms with van der Waals surface area (Å²) in [4.78, 5) is 92.9. The summed E-state index contributed by atoms with van der Waals surface area (Å²) in [6.45, 7) is 5.97. The number of Topliss-reactive ketones (excluding diaryl/α,β-unsaturated/α-hetero) is 1. The van der Waals surface area contributed by atoms with Crippen molar-refractivity contribution in [3.8, 4) is 34.3 Å². The monoisotopic (exact) mass is 1070 g/mol. The normalized spacial score (nSPS) is 11.6. The molecule has 0 saturated carbocycles. The van der Waals surface area contributed by atoms with Crippen molar-refractivity contribution in [1.82, 2.24) is 19.9 Å². The first-order valence-electron chi connectivity index (χ1n) is 25.0. The van der Waals surface area contributed by atoms with Crippen LogP contribution in [-0.2, 0) is 39.8 Å². The topological polar surface area (TPSA) is 242 Å². The van der Waals surface area contributed by atoms with Gasteiger partial charge in [0.15, 0.2) is 5.78 Å². The van der Waals surface area contributed by atoms with Gasteiger partial charge in [0, 0.05) is 36.0 Å². The summed E-state index contributed by atoms with van der Waals surface area (Å²) in [5.74, 6) is -1.89. The number of carbonyl (C=O) groups excluding carboxylic acids is 5. The van der Waals surface area contributed by atoms with Crippen LogP contribution in [0.5, 0.6) is 11.8 Å². The molecule has 79 heavy (non-hydrogen) atoms. The van der Waals surface area contributed by atoms with Gasteiger partial charge in [-0.25, -0.2) is 39.3 Å². The predicted molar refractivity (Wildman–Crippen MR) is 295 cm³/mol. The molecule has 0 radical (unpaired) electrons. The van der Waals surface area contributed by atoms with E-state index in [-0.39, 0.29) is 44.2 Å². The lowest BCUT2D eigenvalue weighted by atomic mass is 9.95. The molecule has 404 valence electrons.